The summed E-state index contributed by atoms with van der Waals surface area (Å²) in [6.45, 7) is 5.94. The van der Waals surface area contributed by atoms with E-state index in [0.29, 0.717) is 13.0 Å². The second-order valence-electron chi connectivity index (χ2n) is 2.90. The van der Waals surface area contributed by atoms with Crippen molar-refractivity contribution in [2.24, 2.45) is 5.92 Å². The Bertz CT molecular complexity index is 170. The highest BCUT2D eigenvalue weighted by molar-refractivity contribution is 5.78. The van der Waals surface area contributed by atoms with Crippen molar-refractivity contribution in [2.75, 3.05) is 6.61 Å². The summed E-state index contributed by atoms with van der Waals surface area (Å²) >= 11 is 0. The molecule has 0 rings (SSSR count). The van der Waals surface area contributed by atoms with Crippen molar-refractivity contribution in [3.63, 3.8) is 0 Å². The Kier molecular flexibility index (Phi) is 5.93. The standard InChI is InChI=1S/C9H17NO3/c1-4-7(3)8(10-6-11)9(12)13-5-2/h6-8H,4-5H2,1-3H3,(H,10,11)/t7-,8+/m0/s1. The van der Waals surface area contributed by atoms with E-state index in [1.807, 2.05) is 13.8 Å². The van der Waals surface area contributed by atoms with Gasteiger partial charge in [-0.1, -0.05) is 20.3 Å². The van der Waals surface area contributed by atoms with Crippen molar-refractivity contribution in [3.05, 3.63) is 0 Å². The van der Waals surface area contributed by atoms with Gasteiger partial charge in [-0.25, -0.2) is 4.79 Å². The molecule has 4 nitrogen and oxygen atoms in total. The van der Waals surface area contributed by atoms with Crippen LogP contribution in [-0.4, -0.2) is 25.0 Å². The largest absolute Gasteiger partial charge is 0.464 e. The summed E-state index contributed by atoms with van der Waals surface area (Å²) in [5.41, 5.74) is 0. The van der Waals surface area contributed by atoms with Crippen LogP contribution in [0, 0.1) is 5.92 Å². The van der Waals surface area contributed by atoms with Gasteiger partial charge in [-0.2, -0.15) is 0 Å². The molecular formula is C9H17NO3. The first-order valence-electron chi connectivity index (χ1n) is 4.53. The van der Waals surface area contributed by atoms with Gasteiger partial charge in [-0.05, 0) is 12.8 Å². The van der Waals surface area contributed by atoms with E-state index in [4.69, 9.17) is 4.74 Å². The summed E-state index contributed by atoms with van der Waals surface area (Å²) in [5.74, 6) is -0.256. The third-order valence-electron chi connectivity index (χ3n) is 2.00. The number of hydrogen-bond donors (Lipinski definition) is 1. The summed E-state index contributed by atoms with van der Waals surface area (Å²) < 4.78 is 4.82. The molecule has 0 aliphatic heterocycles. The first-order chi connectivity index (χ1) is 6.17. The zero-order chi connectivity index (χ0) is 10.3. The molecule has 0 aromatic rings. The fourth-order valence-electron chi connectivity index (χ4n) is 1.01. The molecule has 1 N–H and O–H groups in total. The summed E-state index contributed by atoms with van der Waals surface area (Å²) in [7, 11) is 0. The highest BCUT2D eigenvalue weighted by atomic mass is 16.5. The van der Waals surface area contributed by atoms with E-state index in [1.165, 1.54) is 0 Å². The van der Waals surface area contributed by atoms with Crippen LogP contribution in [0.4, 0.5) is 0 Å². The number of esters is 1. The molecule has 0 bridgehead atoms. The molecule has 0 aromatic heterocycles. The topological polar surface area (TPSA) is 55.4 Å². The molecule has 2 atom stereocenters. The number of carbonyl (C=O) groups is 2. The zero-order valence-corrected chi connectivity index (χ0v) is 8.37. The van der Waals surface area contributed by atoms with Gasteiger partial charge >= 0.3 is 5.97 Å². The summed E-state index contributed by atoms with van der Waals surface area (Å²) in [4.78, 5) is 21.5. The van der Waals surface area contributed by atoms with Crippen LogP contribution in [0.25, 0.3) is 0 Å². The van der Waals surface area contributed by atoms with Crippen LogP contribution in [0.15, 0.2) is 0 Å². The first kappa shape index (κ1) is 11.9. The fourth-order valence-corrected chi connectivity index (χ4v) is 1.01. The lowest BCUT2D eigenvalue weighted by atomic mass is 10.00. The number of ether oxygens (including phenoxy) is 1. The predicted octanol–water partition coefficient (Wildman–Crippen LogP) is 0.710. The molecule has 0 aliphatic carbocycles. The van der Waals surface area contributed by atoms with Gasteiger partial charge in [0, 0.05) is 0 Å². The Morgan fingerprint density at radius 2 is 2.15 bits per heavy atom. The van der Waals surface area contributed by atoms with Crippen LogP contribution in [-0.2, 0) is 14.3 Å². The average Bonchev–Trinajstić information content (AvgIpc) is 2.13. The molecule has 1 amide bonds. The Labute approximate surface area is 78.6 Å². The van der Waals surface area contributed by atoms with Crippen LogP contribution in [0.2, 0.25) is 0 Å². The molecule has 0 radical (unpaired) electrons. The molecule has 0 unspecified atom stereocenters. The van der Waals surface area contributed by atoms with Gasteiger partial charge < -0.3 is 10.1 Å². The molecule has 0 saturated carbocycles. The van der Waals surface area contributed by atoms with Crippen LogP contribution in [0.1, 0.15) is 27.2 Å². The number of nitrogens with one attached hydrogen (secondary N) is 1. The molecule has 0 heterocycles. The van der Waals surface area contributed by atoms with Crippen LogP contribution in [0.5, 0.6) is 0 Å². The third-order valence-corrected chi connectivity index (χ3v) is 2.00. The summed E-state index contributed by atoms with van der Waals surface area (Å²) in [5, 5.41) is 2.46. The smallest absolute Gasteiger partial charge is 0.328 e. The van der Waals surface area contributed by atoms with E-state index in [1.54, 1.807) is 6.92 Å². The Morgan fingerprint density at radius 3 is 2.54 bits per heavy atom. The summed E-state index contributed by atoms with van der Waals surface area (Å²) in [6.07, 6.45) is 1.36. The Balaban J connectivity index is 4.21. The lowest BCUT2D eigenvalue weighted by Crippen LogP contribution is -2.42. The minimum absolute atomic E-state index is 0.101. The van der Waals surface area contributed by atoms with Gasteiger partial charge in [0.05, 0.1) is 6.61 Å². The van der Waals surface area contributed by atoms with E-state index >= 15 is 0 Å². The van der Waals surface area contributed by atoms with Crippen molar-refractivity contribution in [1.82, 2.24) is 5.32 Å². The number of hydrogen-bond acceptors (Lipinski definition) is 3. The number of carbonyl (C=O) groups excluding carboxylic acids is 2. The lowest BCUT2D eigenvalue weighted by molar-refractivity contribution is -0.148. The predicted molar refractivity (Wildman–Crippen MR) is 49.1 cm³/mol. The van der Waals surface area contributed by atoms with Gasteiger partial charge in [0.2, 0.25) is 6.41 Å². The van der Waals surface area contributed by atoms with E-state index in [2.05, 4.69) is 5.32 Å². The minimum Gasteiger partial charge on any atom is -0.464 e. The molecule has 13 heavy (non-hydrogen) atoms. The van der Waals surface area contributed by atoms with E-state index in [-0.39, 0.29) is 11.9 Å². The molecular weight excluding hydrogens is 170 g/mol. The van der Waals surface area contributed by atoms with Crippen molar-refractivity contribution < 1.29 is 14.3 Å². The molecule has 0 aromatic carbocycles. The molecule has 4 heteroatoms. The van der Waals surface area contributed by atoms with Crippen LogP contribution >= 0.6 is 0 Å². The summed E-state index contributed by atoms with van der Waals surface area (Å²) in [6, 6.07) is -0.512. The highest BCUT2D eigenvalue weighted by Crippen LogP contribution is 2.08. The maximum absolute atomic E-state index is 11.3. The molecule has 0 saturated heterocycles. The maximum atomic E-state index is 11.3. The molecule has 0 aliphatic rings. The van der Waals surface area contributed by atoms with Gasteiger partial charge in [0.1, 0.15) is 6.04 Å². The Hall–Kier alpha value is -1.06. The van der Waals surface area contributed by atoms with Crippen molar-refractivity contribution in [2.45, 2.75) is 33.2 Å². The molecule has 0 fully saturated rings. The second kappa shape index (κ2) is 6.46. The monoisotopic (exact) mass is 187 g/mol. The van der Waals surface area contributed by atoms with E-state index in [9.17, 15) is 9.59 Å². The molecule has 0 spiro atoms. The van der Waals surface area contributed by atoms with Gasteiger partial charge in [0.25, 0.3) is 0 Å². The highest BCUT2D eigenvalue weighted by Gasteiger charge is 2.24. The van der Waals surface area contributed by atoms with Crippen LogP contribution in [0.3, 0.4) is 0 Å². The lowest BCUT2D eigenvalue weighted by Gasteiger charge is -2.19. The van der Waals surface area contributed by atoms with E-state index < -0.39 is 6.04 Å². The van der Waals surface area contributed by atoms with Gasteiger partial charge in [-0.3, -0.25) is 4.79 Å². The second-order valence-corrected chi connectivity index (χ2v) is 2.90. The van der Waals surface area contributed by atoms with Crippen molar-refractivity contribution >= 4 is 12.4 Å². The molecule has 76 valence electrons. The first-order valence-corrected chi connectivity index (χ1v) is 4.53. The van der Waals surface area contributed by atoms with Gasteiger partial charge in [0.15, 0.2) is 0 Å². The van der Waals surface area contributed by atoms with Crippen molar-refractivity contribution in [3.8, 4) is 0 Å². The average molecular weight is 187 g/mol. The maximum Gasteiger partial charge on any atom is 0.328 e. The zero-order valence-electron chi connectivity index (χ0n) is 8.37. The minimum atomic E-state index is -0.512. The number of amides is 1. The Morgan fingerprint density at radius 1 is 1.54 bits per heavy atom. The normalized spacial score (nSPS) is 14.4. The van der Waals surface area contributed by atoms with Crippen LogP contribution < -0.4 is 5.32 Å². The van der Waals surface area contributed by atoms with Crippen molar-refractivity contribution in [1.29, 1.82) is 0 Å². The van der Waals surface area contributed by atoms with Gasteiger partial charge in [-0.15, -0.1) is 0 Å². The fraction of sp³-hybridized carbons (Fsp3) is 0.778. The third kappa shape index (κ3) is 3.92. The van der Waals surface area contributed by atoms with E-state index in [0.717, 1.165) is 6.42 Å². The quantitative estimate of drug-likeness (QED) is 0.492. The SMILES string of the molecule is CCOC(=O)[C@H](NC=O)[C@@H](C)CC. The number of rotatable bonds is 6.